The van der Waals surface area contributed by atoms with Gasteiger partial charge in [0.15, 0.2) is 0 Å². The third kappa shape index (κ3) is 5.10. The number of carbonyl (C=O) groups excluding carboxylic acids is 3. The molecule has 7 heteroatoms. The first-order valence-corrected chi connectivity index (χ1v) is 12.5. The van der Waals surface area contributed by atoms with Gasteiger partial charge in [0.05, 0.1) is 5.69 Å². The summed E-state index contributed by atoms with van der Waals surface area (Å²) in [6.07, 6.45) is 1.31. The van der Waals surface area contributed by atoms with Crippen LogP contribution in [0.3, 0.4) is 0 Å². The van der Waals surface area contributed by atoms with Gasteiger partial charge >= 0.3 is 0 Å². The summed E-state index contributed by atoms with van der Waals surface area (Å²) in [6.45, 7) is 5.90. The molecule has 6 nitrogen and oxygen atoms in total. The maximum Gasteiger partial charge on any atom is 0.258 e. The van der Waals surface area contributed by atoms with Crippen LogP contribution in [0.25, 0.3) is 10.8 Å². The minimum atomic E-state index is -0.766. The van der Waals surface area contributed by atoms with Gasteiger partial charge in [0.1, 0.15) is 11.9 Å². The zero-order valence-electron chi connectivity index (χ0n) is 21.0. The van der Waals surface area contributed by atoms with E-state index < -0.39 is 11.9 Å². The molecule has 188 valence electrons. The van der Waals surface area contributed by atoms with E-state index in [4.69, 9.17) is 0 Å². The van der Waals surface area contributed by atoms with Crippen molar-refractivity contribution in [3.05, 3.63) is 77.6 Å². The second-order valence-electron chi connectivity index (χ2n) is 9.35. The van der Waals surface area contributed by atoms with Crippen molar-refractivity contribution >= 4 is 34.2 Å². The number of nitrogens with one attached hydrogen (secondary N) is 1. The largest absolute Gasteiger partial charge is 0.352 e. The first-order chi connectivity index (χ1) is 17.3. The van der Waals surface area contributed by atoms with Gasteiger partial charge in [-0.05, 0) is 50.3 Å². The van der Waals surface area contributed by atoms with Crippen LogP contribution >= 0.6 is 0 Å². The highest BCUT2D eigenvalue weighted by Gasteiger charge is 2.30. The number of hydrogen-bond acceptors (Lipinski definition) is 3. The van der Waals surface area contributed by atoms with Crippen LogP contribution in [0, 0.1) is 5.82 Å². The molecule has 4 rings (SSSR count). The van der Waals surface area contributed by atoms with Gasteiger partial charge in [0.2, 0.25) is 11.8 Å². The van der Waals surface area contributed by atoms with Crippen molar-refractivity contribution in [1.82, 2.24) is 10.2 Å². The molecule has 3 aromatic rings. The molecule has 0 aromatic heterocycles. The summed E-state index contributed by atoms with van der Waals surface area (Å²) in [5.74, 6) is -1.02. The van der Waals surface area contributed by atoms with Gasteiger partial charge in [-0.2, -0.15) is 0 Å². The van der Waals surface area contributed by atoms with E-state index in [-0.39, 0.29) is 36.7 Å². The second-order valence-corrected chi connectivity index (χ2v) is 9.35. The number of hydrogen-bond donors (Lipinski definition) is 1. The second kappa shape index (κ2) is 10.9. The fourth-order valence-electron chi connectivity index (χ4n) is 4.59. The number of nitrogens with zero attached hydrogens (tertiary/aromatic N) is 2. The Bertz CT molecular complexity index is 1290. The Hall–Kier alpha value is -3.74. The summed E-state index contributed by atoms with van der Waals surface area (Å²) in [5.41, 5.74) is 1.88. The van der Waals surface area contributed by atoms with Crippen LogP contribution in [0.4, 0.5) is 10.1 Å². The monoisotopic (exact) mass is 489 g/mol. The number of benzene rings is 3. The molecule has 0 saturated heterocycles. The van der Waals surface area contributed by atoms with E-state index in [0.717, 1.165) is 22.9 Å². The van der Waals surface area contributed by atoms with Crippen LogP contribution < -0.4 is 10.2 Å². The number of amides is 3. The van der Waals surface area contributed by atoms with Gasteiger partial charge < -0.3 is 15.1 Å². The lowest BCUT2D eigenvalue weighted by Crippen LogP contribution is -2.49. The fourth-order valence-corrected chi connectivity index (χ4v) is 4.59. The molecule has 3 amide bonds. The number of anilines is 1. The number of carbonyl (C=O) groups is 3. The van der Waals surface area contributed by atoms with Crippen LogP contribution in [0.5, 0.6) is 0 Å². The molecule has 0 aliphatic carbocycles. The Morgan fingerprint density at radius 2 is 1.75 bits per heavy atom. The number of halogens is 1. The lowest BCUT2D eigenvalue weighted by atomic mass is 10.1. The van der Waals surface area contributed by atoms with E-state index >= 15 is 0 Å². The molecule has 1 heterocycles. The van der Waals surface area contributed by atoms with E-state index in [1.165, 1.54) is 11.0 Å². The Labute approximate surface area is 211 Å². The lowest BCUT2D eigenvalue weighted by Gasteiger charge is -2.30. The molecule has 1 aliphatic rings. The van der Waals surface area contributed by atoms with Crippen molar-refractivity contribution in [3.8, 4) is 0 Å². The zero-order chi connectivity index (χ0) is 25.8. The predicted octanol–water partition coefficient (Wildman–Crippen LogP) is 5.05. The van der Waals surface area contributed by atoms with Crippen LogP contribution in [0.1, 0.15) is 56.0 Å². The van der Waals surface area contributed by atoms with Gasteiger partial charge in [-0.25, -0.2) is 4.39 Å². The fraction of sp³-hybridized carbons (Fsp3) is 0.345. The summed E-state index contributed by atoms with van der Waals surface area (Å²) >= 11 is 0. The predicted molar refractivity (Wildman–Crippen MR) is 139 cm³/mol. The first kappa shape index (κ1) is 25.4. The quantitative estimate of drug-likeness (QED) is 0.433. The average Bonchev–Trinajstić information content (AvgIpc) is 3.15. The smallest absolute Gasteiger partial charge is 0.258 e. The van der Waals surface area contributed by atoms with E-state index in [1.54, 1.807) is 30.0 Å². The maximum absolute atomic E-state index is 14.4. The SMILES string of the molecule is CC[C@H](C)NC(=O)[C@H](C)N(Cc1ccccc1F)C(=O)CCCN1C(=O)c2cccc3cccc1c23. The molecule has 0 fully saturated rings. The van der Waals surface area contributed by atoms with E-state index in [1.807, 2.05) is 50.2 Å². The Morgan fingerprint density at radius 1 is 1.03 bits per heavy atom. The highest BCUT2D eigenvalue weighted by atomic mass is 19.1. The molecule has 0 unspecified atom stereocenters. The van der Waals surface area contributed by atoms with Crippen molar-refractivity contribution < 1.29 is 18.8 Å². The van der Waals surface area contributed by atoms with Gasteiger partial charge in [0, 0.05) is 42.1 Å². The molecule has 2 atom stereocenters. The van der Waals surface area contributed by atoms with Crippen molar-refractivity contribution in [2.45, 2.75) is 58.7 Å². The van der Waals surface area contributed by atoms with E-state index in [2.05, 4.69) is 5.32 Å². The molecule has 1 aliphatic heterocycles. The van der Waals surface area contributed by atoms with Crippen molar-refractivity contribution in [2.75, 3.05) is 11.4 Å². The molecular weight excluding hydrogens is 457 g/mol. The molecule has 0 radical (unpaired) electrons. The third-order valence-electron chi connectivity index (χ3n) is 6.89. The Balaban J connectivity index is 1.47. The highest BCUT2D eigenvalue weighted by Crippen LogP contribution is 2.37. The van der Waals surface area contributed by atoms with Crippen LogP contribution in [0.15, 0.2) is 60.7 Å². The molecule has 1 N–H and O–H groups in total. The number of rotatable bonds is 10. The highest BCUT2D eigenvalue weighted by molar-refractivity contribution is 6.25. The minimum absolute atomic E-state index is 0.00596. The maximum atomic E-state index is 14.4. The lowest BCUT2D eigenvalue weighted by molar-refractivity contribution is -0.141. The summed E-state index contributed by atoms with van der Waals surface area (Å²) in [7, 11) is 0. The topological polar surface area (TPSA) is 69.7 Å². The van der Waals surface area contributed by atoms with E-state index in [0.29, 0.717) is 24.1 Å². The molecule has 3 aromatic carbocycles. The zero-order valence-corrected chi connectivity index (χ0v) is 21.0. The third-order valence-corrected chi connectivity index (χ3v) is 6.89. The normalized spacial score (nSPS) is 14.1. The molecule has 0 spiro atoms. The van der Waals surface area contributed by atoms with Crippen LogP contribution in [-0.4, -0.2) is 41.2 Å². The Morgan fingerprint density at radius 3 is 2.47 bits per heavy atom. The van der Waals surface area contributed by atoms with E-state index in [9.17, 15) is 18.8 Å². The summed E-state index contributed by atoms with van der Waals surface area (Å²) in [4.78, 5) is 42.4. The molecule has 0 bridgehead atoms. The summed E-state index contributed by atoms with van der Waals surface area (Å²) < 4.78 is 14.4. The van der Waals surface area contributed by atoms with Crippen molar-refractivity contribution in [3.63, 3.8) is 0 Å². The Kier molecular flexibility index (Phi) is 7.67. The van der Waals surface area contributed by atoms with Gasteiger partial charge in [-0.1, -0.05) is 49.4 Å². The van der Waals surface area contributed by atoms with Crippen LogP contribution in [-0.2, 0) is 16.1 Å². The van der Waals surface area contributed by atoms with Gasteiger partial charge in [0.25, 0.3) is 5.91 Å². The van der Waals surface area contributed by atoms with Gasteiger partial charge in [-0.3, -0.25) is 14.4 Å². The van der Waals surface area contributed by atoms with Gasteiger partial charge in [-0.15, -0.1) is 0 Å². The molecule has 0 saturated carbocycles. The summed E-state index contributed by atoms with van der Waals surface area (Å²) in [6, 6.07) is 17.0. The average molecular weight is 490 g/mol. The van der Waals surface area contributed by atoms with Crippen molar-refractivity contribution in [1.29, 1.82) is 0 Å². The van der Waals surface area contributed by atoms with Crippen LogP contribution in [0.2, 0.25) is 0 Å². The molecular formula is C29H32FN3O3. The summed E-state index contributed by atoms with van der Waals surface area (Å²) in [5, 5.41) is 4.86. The first-order valence-electron chi connectivity index (χ1n) is 12.5. The molecule has 36 heavy (non-hydrogen) atoms. The van der Waals surface area contributed by atoms with Crippen molar-refractivity contribution in [2.24, 2.45) is 0 Å². The minimum Gasteiger partial charge on any atom is -0.352 e. The standard InChI is InChI=1S/C29H32FN3O3/c1-4-19(2)31-28(35)20(3)33(18-22-10-5-6-14-24(22)30)26(34)16-9-17-32-25-15-8-12-21-11-7-13-23(27(21)25)29(32)36/h5-8,10-15,19-20H,4,9,16-18H2,1-3H3,(H,31,35)/t19-,20-/m0/s1.